The molecule has 0 radical (unpaired) electrons. The van der Waals surface area contributed by atoms with Gasteiger partial charge in [0.1, 0.15) is 0 Å². The largest absolute Gasteiger partial charge is 0.309 e. The molecule has 0 aliphatic carbocycles. The molecule has 0 amide bonds. The van der Waals surface area contributed by atoms with Gasteiger partial charge < -0.3 is 4.57 Å². The van der Waals surface area contributed by atoms with E-state index in [-0.39, 0.29) is 0 Å². The molecular weight excluding hydrogens is 595 g/mol. The van der Waals surface area contributed by atoms with Crippen LogP contribution in [-0.4, -0.2) is 14.5 Å². The van der Waals surface area contributed by atoms with Crippen LogP contribution in [0.1, 0.15) is 0 Å². The standard InChI is InChI=1S/C46H29N3/c1-3-10-30(11-4-1)34-21-24-44-39(28-34)40-29-35(31-12-5-2-6-13-31)22-25-45(40)49(44)37-15-9-14-33(26-37)36-19-18-32-20-23-43-46(38(32)27-36)48-42-17-8-7-16-41(42)47-43/h1-29H. The lowest BCUT2D eigenvalue weighted by molar-refractivity contribution is 1.18. The summed E-state index contributed by atoms with van der Waals surface area (Å²) < 4.78 is 2.41. The summed E-state index contributed by atoms with van der Waals surface area (Å²) in [6, 6.07) is 62.9. The summed E-state index contributed by atoms with van der Waals surface area (Å²) in [6.45, 7) is 0. The van der Waals surface area contributed by atoms with Crippen LogP contribution < -0.4 is 0 Å². The van der Waals surface area contributed by atoms with Gasteiger partial charge in [0.25, 0.3) is 0 Å². The van der Waals surface area contributed by atoms with Gasteiger partial charge in [0.05, 0.1) is 33.1 Å². The minimum atomic E-state index is 0.909. The first-order valence-corrected chi connectivity index (χ1v) is 16.7. The van der Waals surface area contributed by atoms with Crippen molar-refractivity contribution in [2.24, 2.45) is 0 Å². The number of nitrogens with zero attached hydrogens (tertiary/aromatic N) is 3. The third-order valence-corrected chi connectivity index (χ3v) is 9.74. The fourth-order valence-electron chi connectivity index (χ4n) is 7.33. The number of benzene rings is 8. The molecule has 0 fully saturated rings. The zero-order valence-electron chi connectivity index (χ0n) is 26.6. The van der Waals surface area contributed by atoms with Crippen LogP contribution in [0.3, 0.4) is 0 Å². The van der Waals surface area contributed by atoms with E-state index in [2.05, 4.69) is 156 Å². The summed E-state index contributed by atoms with van der Waals surface area (Å²) in [5.41, 5.74) is 14.3. The third-order valence-electron chi connectivity index (χ3n) is 9.74. The van der Waals surface area contributed by atoms with E-state index in [1.165, 1.54) is 44.1 Å². The number of fused-ring (bicyclic) bond motifs is 7. The van der Waals surface area contributed by atoms with Crippen LogP contribution in [-0.2, 0) is 0 Å². The molecule has 0 atom stereocenters. The summed E-state index contributed by atoms with van der Waals surface area (Å²) in [6.07, 6.45) is 0. The van der Waals surface area contributed by atoms with Crippen molar-refractivity contribution >= 4 is 54.6 Å². The molecule has 10 rings (SSSR count). The van der Waals surface area contributed by atoms with Crippen molar-refractivity contribution in [2.45, 2.75) is 0 Å². The summed E-state index contributed by atoms with van der Waals surface area (Å²) in [5.74, 6) is 0. The highest BCUT2D eigenvalue weighted by Crippen LogP contribution is 2.38. The van der Waals surface area contributed by atoms with E-state index in [4.69, 9.17) is 9.97 Å². The lowest BCUT2D eigenvalue weighted by atomic mass is 9.99. The molecule has 0 aliphatic rings. The zero-order chi connectivity index (χ0) is 32.3. The number of rotatable bonds is 4. The monoisotopic (exact) mass is 623 g/mol. The maximum Gasteiger partial charge on any atom is 0.0973 e. The molecule has 0 unspecified atom stereocenters. The Morgan fingerprint density at radius 3 is 1.51 bits per heavy atom. The second-order valence-electron chi connectivity index (χ2n) is 12.7. The van der Waals surface area contributed by atoms with Crippen LogP contribution >= 0.6 is 0 Å². The molecule has 0 saturated heterocycles. The molecule has 2 aromatic heterocycles. The zero-order valence-corrected chi connectivity index (χ0v) is 26.6. The van der Waals surface area contributed by atoms with Gasteiger partial charge in [-0.3, -0.25) is 0 Å². The Balaban J connectivity index is 1.16. The van der Waals surface area contributed by atoms with E-state index in [1.807, 2.05) is 24.3 Å². The number of para-hydroxylation sites is 2. The molecule has 2 heterocycles. The molecule has 49 heavy (non-hydrogen) atoms. The fourth-order valence-corrected chi connectivity index (χ4v) is 7.33. The minimum Gasteiger partial charge on any atom is -0.309 e. The molecule has 0 N–H and O–H groups in total. The van der Waals surface area contributed by atoms with Crippen LogP contribution in [0.4, 0.5) is 0 Å². The van der Waals surface area contributed by atoms with E-state index in [0.29, 0.717) is 0 Å². The van der Waals surface area contributed by atoms with E-state index in [1.54, 1.807) is 0 Å². The van der Waals surface area contributed by atoms with Crippen LogP contribution in [0.5, 0.6) is 0 Å². The Labute approximate surface area is 283 Å². The number of hydrogen-bond acceptors (Lipinski definition) is 2. The summed E-state index contributed by atoms with van der Waals surface area (Å²) in [7, 11) is 0. The quantitative estimate of drug-likeness (QED) is 0.144. The van der Waals surface area contributed by atoms with Crippen molar-refractivity contribution in [1.29, 1.82) is 0 Å². The Bertz CT molecular complexity index is 2770. The topological polar surface area (TPSA) is 30.7 Å². The van der Waals surface area contributed by atoms with E-state index in [0.717, 1.165) is 49.7 Å². The van der Waals surface area contributed by atoms with Crippen LogP contribution in [0.2, 0.25) is 0 Å². The van der Waals surface area contributed by atoms with Crippen molar-refractivity contribution in [3.63, 3.8) is 0 Å². The van der Waals surface area contributed by atoms with Crippen molar-refractivity contribution in [3.05, 3.63) is 176 Å². The Kier molecular flexibility index (Phi) is 6.18. The second-order valence-corrected chi connectivity index (χ2v) is 12.7. The number of aromatic nitrogens is 3. The van der Waals surface area contributed by atoms with Gasteiger partial charge in [-0.25, -0.2) is 9.97 Å². The van der Waals surface area contributed by atoms with E-state index < -0.39 is 0 Å². The first-order valence-electron chi connectivity index (χ1n) is 16.7. The van der Waals surface area contributed by atoms with Gasteiger partial charge in [0.15, 0.2) is 0 Å². The highest BCUT2D eigenvalue weighted by Gasteiger charge is 2.16. The molecule has 3 heteroatoms. The second kappa shape index (κ2) is 11.0. The fraction of sp³-hybridized carbons (Fsp3) is 0. The molecule has 0 spiro atoms. The van der Waals surface area contributed by atoms with Gasteiger partial charge in [0, 0.05) is 21.8 Å². The van der Waals surface area contributed by atoms with Crippen LogP contribution in [0.15, 0.2) is 176 Å². The maximum absolute atomic E-state index is 5.06. The van der Waals surface area contributed by atoms with E-state index in [9.17, 15) is 0 Å². The minimum absolute atomic E-state index is 0.909. The van der Waals surface area contributed by atoms with Crippen molar-refractivity contribution < 1.29 is 0 Å². The normalized spacial score (nSPS) is 11.7. The van der Waals surface area contributed by atoms with Crippen molar-refractivity contribution in [3.8, 4) is 39.1 Å². The molecule has 3 nitrogen and oxygen atoms in total. The first kappa shape index (κ1) is 27.5. The molecule has 10 aromatic rings. The molecule has 228 valence electrons. The van der Waals surface area contributed by atoms with Crippen LogP contribution in [0, 0.1) is 0 Å². The molecular formula is C46H29N3. The molecule has 0 saturated carbocycles. The predicted octanol–water partition coefficient (Wildman–Crippen LogP) is 12.0. The Morgan fingerprint density at radius 2 is 0.837 bits per heavy atom. The van der Waals surface area contributed by atoms with Gasteiger partial charge in [-0.15, -0.1) is 0 Å². The van der Waals surface area contributed by atoms with Gasteiger partial charge in [-0.1, -0.05) is 115 Å². The lowest BCUT2D eigenvalue weighted by Gasteiger charge is -2.12. The van der Waals surface area contributed by atoms with Gasteiger partial charge >= 0.3 is 0 Å². The number of hydrogen-bond donors (Lipinski definition) is 0. The first-order chi connectivity index (χ1) is 24.3. The smallest absolute Gasteiger partial charge is 0.0973 e. The summed E-state index contributed by atoms with van der Waals surface area (Å²) >= 11 is 0. The van der Waals surface area contributed by atoms with Gasteiger partial charge in [-0.05, 0) is 99.4 Å². The Morgan fingerprint density at radius 1 is 0.327 bits per heavy atom. The average Bonchev–Trinajstić information content (AvgIpc) is 3.50. The maximum atomic E-state index is 5.06. The predicted molar refractivity (Wildman–Crippen MR) is 205 cm³/mol. The average molecular weight is 624 g/mol. The highest BCUT2D eigenvalue weighted by atomic mass is 15.0. The Hall–Kier alpha value is -6.58. The van der Waals surface area contributed by atoms with Gasteiger partial charge in [0.2, 0.25) is 0 Å². The van der Waals surface area contributed by atoms with Crippen molar-refractivity contribution in [2.75, 3.05) is 0 Å². The molecule has 0 aliphatic heterocycles. The third kappa shape index (κ3) is 4.59. The SMILES string of the molecule is c1ccc(-c2ccc3c(c2)c2cc(-c4ccccc4)ccc2n3-c2cccc(-c3ccc4ccc5nc6ccccc6nc5c4c3)c2)cc1. The van der Waals surface area contributed by atoms with E-state index >= 15 is 0 Å². The van der Waals surface area contributed by atoms with Crippen LogP contribution in [0.25, 0.3) is 93.7 Å². The van der Waals surface area contributed by atoms with Gasteiger partial charge in [-0.2, -0.15) is 0 Å². The summed E-state index contributed by atoms with van der Waals surface area (Å²) in [5, 5.41) is 4.74. The lowest BCUT2D eigenvalue weighted by Crippen LogP contribution is -1.94. The molecule has 8 aromatic carbocycles. The summed E-state index contributed by atoms with van der Waals surface area (Å²) in [4.78, 5) is 9.98. The molecule has 0 bridgehead atoms. The highest BCUT2D eigenvalue weighted by molar-refractivity contribution is 6.12. The van der Waals surface area contributed by atoms with Crippen molar-refractivity contribution in [1.82, 2.24) is 14.5 Å².